The van der Waals surface area contributed by atoms with Crippen LogP contribution in [-0.4, -0.2) is 47.6 Å². The van der Waals surface area contributed by atoms with Gasteiger partial charge in [-0.05, 0) is 46.0 Å². The monoisotopic (exact) mass is 364 g/mol. The fourth-order valence-corrected chi connectivity index (χ4v) is 3.54. The molecular formula is C18H28N4O4. The average Bonchev–Trinajstić information content (AvgIpc) is 3.24. The van der Waals surface area contributed by atoms with Crippen LogP contribution in [0.25, 0.3) is 0 Å². The number of carbonyl (C=O) groups is 2. The van der Waals surface area contributed by atoms with Crippen molar-refractivity contribution in [2.75, 3.05) is 18.5 Å². The van der Waals surface area contributed by atoms with Gasteiger partial charge in [0.25, 0.3) is 0 Å². The van der Waals surface area contributed by atoms with Gasteiger partial charge in [-0.1, -0.05) is 0 Å². The Balaban J connectivity index is 1.49. The van der Waals surface area contributed by atoms with Crippen LogP contribution in [-0.2, 0) is 14.3 Å². The first-order valence-corrected chi connectivity index (χ1v) is 9.42. The Morgan fingerprint density at radius 3 is 2.92 bits per heavy atom. The van der Waals surface area contributed by atoms with Crippen LogP contribution in [0, 0.1) is 5.92 Å². The summed E-state index contributed by atoms with van der Waals surface area (Å²) in [6.45, 7) is 5.01. The van der Waals surface area contributed by atoms with E-state index in [0.717, 1.165) is 44.4 Å². The molecule has 26 heavy (non-hydrogen) atoms. The smallest absolute Gasteiger partial charge is 0.407 e. The predicted molar refractivity (Wildman–Crippen MR) is 95.9 cm³/mol. The molecule has 0 aromatic carbocycles. The summed E-state index contributed by atoms with van der Waals surface area (Å²) in [5.74, 6) is 0.647. The largest absolute Gasteiger partial charge is 0.446 e. The number of hydrogen-bond acceptors (Lipinski definition) is 5. The molecule has 1 aliphatic carbocycles. The highest BCUT2D eigenvalue weighted by atomic mass is 16.6. The van der Waals surface area contributed by atoms with Gasteiger partial charge in [-0.3, -0.25) is 9.89 Å². The first-order valence-electron chi connectivity index (χ1n) is 9.42. The van der Waals surface area contributed by atoms with Crippen LogP contribution in [0.2, 0.25) is 0 Å². The van der Waals surface area contributed by atoms with Gasteiger partial charge in [0, 0.05) is 30.3 Å². The highest BCUT2D eigenvalue weighted by Crippen LogP contribution is 2.35. The third-order valence-electron chi connectivity index (χ3n) is 4.88. The molecule has 1 saturated heterocycles. The van der Waals surface area contributed by atoms with Crippen molar-refractivity contribution in [1.29, 1.82) is 0 Å². The van der Waals surface area contributed by atoms with Crippen molar-refractivity contribution in [1.82, 2.24) is 15.5 Å². The molecule has 3 atom stereocenters. The van der Waals surface area contributed by atoms with E-state index < -0.39 is 0 Å². The quantitative estimate of drug-likeness (QED) is 0.745. The van der Waals surface area contributed by atoms with Crippen molar-refractivity contribution in [2.45, 2.75) is 64.0 Å². The molecule has 2 amide bonds. The zero-order valence-electron chi connectivity index (χ0n) is 15.4. The zero-order valence-corrected chi connectivity index (χ0v) is 15.4. The Labute approximate surface area is 153 Å². The van der Waals surface area contributed by atoms with Gasteiger partial charge >= 0.3 is 6.09 Å². The van der Waals surface area contributed by atoms with E-state index in [2.05, 4.69) is 20.8 Å². The molecule has 0 spiro atoms. The molecule has 1 aromatic rings. The van der Waals surface area contributed by atoms with Crippen molar-refractivity contribution in [3.63, 3.8) is 0 Å². The Bertz CT molecular complexity index is 624. The molecule has 1 aromatic heterocycles. The molecule has 3 rings (SSSR count). The van der Waals surface area contributed by atoms with E-state index in [9.17, 15) is 9.59 Å². The number of H-pyrrole nitrogens is 1. The van der Waals surface area contributed by atoms with E-state index in [1.54, 1.807) is 0 Å². The van der Waals surface area contributed by atoms with Crippen LogP contribution in [0.1, 0.15) is 57.6 Å². The van der Waals surface area contributed by atoms with Gasteiger partial charge in [0.05, 0.1) is 12.5 Å². The van der Waals surface area contributed by atoms with Crippen LogP contribution < -0.4 is 10.6 Å². The number of rotatable bonds is 5. The van der Waals surface area contributed by atoms with Crippen molar-refractivity contribution >= 4 is 17.8 Å². The molecule has 0 bridgehead atoms. The molecule has 144 valence electrons. The number of aromatic nitrogens is 2. The average molecular weight is 364 g/mol. The van der Waals surface area contributed by atoms with Gasteiger partial charge < -0.3 is 20.1 Å². The van der Waals surface area contributed by atoms with Gasteiger partial charge in [-0.25, -0.2) is 4.79 Å². The van der Waals surface area contributed by atoms with Crippen LogP contribution in [0.4, 0.5) is 10.6 Å². The molecule has 2 fully saturated rings. The molecule has 2 heterocycles. The van der Waals surface area contributed by atoms with E-state index >= 15 is 0 Å². The zero-order chi connectivity index (χ0) is 18.5. The summed E-state index contributed by atoms with van der Waals surface area (Å²) in [7, 11) is 0. The van der Waals surface area contributed by atoms with E-state index in [1.807, 2.05) is 19.9 Å². The minimum Gasteiger partial charge on any atom is -0.446 e. The van der Waals surface area contributed by atoms with Crippen molar-refractivity contribution in [3.8, 4) is 0 Å². The standard InChI is InChI=1S/C18H28N4O4/c1-11(2)19-18(24)26-14-6-5-12(8-14)15-9-16(22-21-15)20-17(23)13-4-3-7-25-10-13/h9,11-14H,3-8,10H2,1-2H3,(H,19,24)(H2,20,21,22,23)/t12-,13+,14+/m0/s1. The lowest BCUT2D eigenvalue weighted by molar-refractivity contribution is -0.123. The van der Waals surface area contributed by atoms with Crippen LogP contribution in [0.15, 0.2) is 6.07 Å². The summed E-state index contributed by atoms with van der Waals surface area (Å²) in [5.41, 5.74) is 0.968. The second kappa shape index (κ2) is 8.53. The number of ether oxygens (including phenoxy) is 2. The maximum Gasteiger partial charge on any atom is 0.407 e. The number of aromatic amines is 1. The second-order valence-corrected chi connectivity index (χ2v) is 7.45. The minimum absolute atomic E-state index is 0.0410. The highest BCUT2D eigenvalue weighted by Gasteiger charge is 2.30. The van der Waals surface area contributed by atoms with Crippen molar-refractivity contribution in [2.24, 2.45) is 5.92 Å². The predicted octanol–water partition coefficient (Wildman–Crippen LogP) is 2.55. The highest BCUT2D eigenvalue weighted by molar-refractivity contribution is 5.91. The number of nitrogens with one attached hydrogen (secondary N) is 3. The minimum atomic E-state index is -0.363. The SMILES string of the molecule is CC(C)NC(=O)O[C@@H]1CC[C@H](c2cc(NC(=O)[C@@H]3CCCOC3)n[nH]2)C1. The summed E-state index contributed by atoms with van der Waals surface area (Å²) in [5, 5.41) is 12.8. The summed E-state index contributed by atoms with van der Waals surface area (Å²) < 4.78 is 10.8. The lowest BCUT2D eigenvalue weighted by Crippen LogP contribution is -2.33. The number of anilines is 1. The maximum absolute atomic E-state index is 12.2. The third kappa shape index (κ3) is 4.97. The summed E-state index contributed by atoms with van der Waals surface area (Å²) >= 11 is 0. The Morgan fingerprint density at radius 1 is 1.35 bits per heavy atom. The summed E-state index contributed by atoms with van der Waals surface area (Å²) in [6, 6.07) is 1.94. The number of hydrogen-bond donors (Lipinski definition) is 3. The fourth-order valence-electron chi connectivity index (χ4n) is 3.54. The number of nitrogens with zero attached hydrogens (tertiary/aromatic N) is 1. The van der Waals surface area contributed by atoms with E-state index in [1.165, 1.54) is 0 Å². The second-order valence-electron chi connectivity index (χ2n) is 7.45. The fraction of sp³-hybridized carbons (Fsp3) is 0.722. The number of alkyl carbamates (subject to hydrolysis) is 1. The number of carbonyl (C=O) groups excluding carboxylic acids is 2. The third-order valence-corrected chi connectivity index (χ3v) is 4.88. The Kier molecular flexibility index (Phi) is 6.13. The van der Waals surface area contributed by atoms with Crippen molar-refractivity contribution in [3.05, 3.63) is 11.8 Å². The molecule has 1 saturated carbocycles. The van der Waals surface area contributed by atoms with Gasteiger partial charge in [0.1, 0.15) is 6.10 Å². The molecule has 2 aliphatic rings. The Morgan fingerprint density at radius 2 is 2.19 bits per heavy atom. The maximum atomic E-state index is 12.2. The van der Waals surface area contributed by atoms with Gasteiger partial charge in [-0.15, -0.1) is 0 Å². The van der Waals surface area contributed by atoms with Gasteiger partial charge in [0.15, 0.2) is 5.82 Å². The summed E-state index contributed by atoms with van der Waals surface area (Å²) in [6.07, 6.45) is 3.83. The molecule has 0 radical (unpaired) electrons. The summed E-state index contributed by atoms with van der Waals surface area (Å²) in [4.78, 5) is 24.0. The van der Waals surface area contributed by atoms with Crippen LogP contribution in [0.3, 0.4) is 0 Å². The lowest BCUT2D eigenvalue weighted by atomic mass is 10.0. The van der Waals surface area contributed by atoms with E-state index in [0.29, 0.717) is 12.4 Å². The molecule has 1 aliphatic heterocycles. The topological polar surface area (TPSA) is 105 Å². The van der Waals surface area contributed by atoms with Gasteiger partial charge in [0.2, 0.25) is 5.91 Å². The van der Waals surface area contributed by atoms with Crippen LogP contribution in [0.5, 0.6) is 0 Å². The van der Waals surface area contributed by atoms with Crippen molar-refractivity contribution < 1.29 is 19.1 Å². The first-order chi connectivity index (χ1) is 12.5. The van der Waals surface area contributed by atoms with E-state index in [4.69, 9.17) is 9.47 Å². The first kappa shape index (κ1) is 18.7. The molecule has 3 N–H and O–H groups in total. The molecule has 8 heteroatoms. The normalized spacial score (nSPS) is 25.9. The van der Waals surface area contributed by atoms with Gasteiger partial charge in [-0.2, -0.15) is 5.10 Å². The molecule has 8 nitrogen and oxygen atoms in total. The van der Waals surface area contributed by atoms with E-state index in [-0.39, 0.29) is 36.0 Å². The number of amides is 2. The molecular weight excluding hydrogens is 336 g/mol. The molecule has 0 unspecified atom stereocenters. The van der Waals surface area contributed by atoms with Crippen LogP contribution >= 0.6 is 0 Å². The Hall–Kier alpha value is -2.09. The lowest BCUT2D eigenvalue weighted by Gasteiger charge is -2.20.